The van der Waals surface area contributed by atoms with Crippen LogP contribution in [0.2, 0.25) is 0 Å². The van der Waals surface area contributed by atoms with E-state index in [-0.39, 0.29) is 29.8 Å². The highest BCUT2D eigenvalue weighted by molar-refractivity contribution is 5.92. The zero-order valence-electron chi connectivity index (χ0n) is 17.3. The van der Waals surface area contributed by atoms with Crippen LogP contribution in [0.4, 0.5) is 13.2 Å². The van der Waals surface area contributed by atoms with Crippen LogP contribution in [0.15, 0.2) is 60.7 Å². The Bertz CT molecular complexity index is 933. The standard InChI is InChI=1S/C24H25F3N2O2/c1-28(17-20-9-5-6-10-21(20)24(25,26)27)23(31)19-13-15-29(16-14-19)22(30)12-11-18-7-3-2-4-8-18/h2-12,19H,13-17H2,1H3. The average Bonchev–Trinajstić information content (AvgIpc) is 2.77. The second-order valence-corrected chi connectivity index (χ2v) is 7.69. The molecular weight excluding hydrogens is 405 g/mol. The fourth-order valence-electron chi connectivity index (χ4n) is 3.76. The molecule has 1 aliphatic rings. The van der Waals surface area contributed by atoms with E-state index in [0.29, 0.717) is 25.9 Å². The molecule has 1 saturated heterocycles. The van der Waals surface area contributed by atoms with Crippen molar-refractivity contribution in [2.75, 3.05) is 20.1 Å². The number of benzene rings is 2. The first-order valence-corrected chi connectivity index (χ1v) is 10.2. The van der Waals surface area contributed by atoms with E-state index in [1.807, 2.05) is 30.3 Å². The number of carbonyl (C=O) groups excluding carboxylic acids is 2. The maximum Gasteiger partial charge on any atom is 0.416 e. The molecule has 0 saturated carbocycles. The third-order valence-corrected chi connectivity index (χ3v) is 5.48. The molecule has 7 heteroatoms. The van der Waals surface area contributed by atoms with Crippen molar-refractivity contribution in [2.24, 2.45) is 5.92 Å². The number of hydrogen-bond acceptors (Lipinski definition) is 2. The number of alkyl halides is 3. The van der Waals surface area contributed by atoms with Gasteiger partial charge in [-0.2, -0.15) is 13.2 Å². The molecule has 4 nitrogen and oxygen atoms in total. The smallest absolute Gasteiger partial charge is 0.341 e. The molecular formula is C24H25F3N2O2. The maximum atomic E-state index is 13.2. The molecule has 2 aromatic carbocycles. The highest BCUT2D eigenvalue weighted by Crippen LogP contribution is 2.32. The van der Waals surface area contributed by atoms with Gasteiger partial charge >= 0.3 is 6.18 Å². The van der Waals surface area contributed by atoms with Crippen molar-refractivity contribution in [1.29, 1.82) is 0 Å². The maximum absolute atomic E-state index is 13.2. The van der Waals surface area contributed by atoms with E-state index in [1.165, 1.54) is 36.2 Å². The van der Waals surface area contributed by atoms with Gasteiger partial charge in [-0.25, -0.2) is 0 Å². The number of nitrogens with zero attached hydrogens (tertiary/aromatic N) is 2. The summed E-state index contributed by atoms with van der Waals surface area (Å²) in [4.78, 5) is 28.2. The predicted molar refractivity (Wildman–Crippen MR) is 113 cm³/mol. The fourth-order valence-corrected chi connectivity index (χ4v) is 3.76. The van der Waals surface area contributed by atoms with Gasteiger partial charge < -0.3 is 9.80 Å². The second kappa shape index (κ2) is 9.81. The van der Waals surface area contributed by atoms with E-state index >= 15 is 0 Å². The SMILES string of the molecule is CN(Cc1ccccc1C(F)(F)F)C(=O)C1CCN(C(=O)C=Cc2ccccc2)CC1. The summed E-state index contributed by atoms with van der Waals surface area (Å²) >= 11 is 0. The van der Waals surface area contributed by atoms with E-state index in [9.17, 15) is 22.8 Å². The van der Waals surface area contributed by atoms with Crippen LogP contribution in [0.5, 0.6) is 0 Å². The molecule has 0 spiro atoms. The lowest BCUT2D eigenvalue weighted by Crippen LogP contribution is -2.43. The summed E-state index contributed by atoms with van der Waals surface area (Å²) in [5.74, 6) is -0.601. The van der Waals surface area contributed by atoms with Gasteiger partial charge in [0.05, 0.1) is 5.56 Å². The Hall–Kier alpha value is -3.09. The largest absolute Gasteiger partial charge is 0.416 e. The molecule has 164 valence electrons. The second-order valence-electron chi connectivity index (χ2n) is 7.69. The summed E-state index contributed by atoms with van der Waals surface area (Å²) in [6.07, 6.45) is -0.188. The Balaban J connectivity index is 1.54. The lowest BCUT2D eigenvalue weighted by molar-refractivity contribution is -0.141. The molecule has 2 aromatic rings. The lowest BCUT2D eigenvalue weighted by Gasteiger charge is -2.33. The highest BCUT2D eigenvalue weighted by atomic mass is 19.4. The van der Waals surface area contributed by atoms with E-state index in [0.717, 1.165) is 11.6 Å². The minimum absolute atomic E-state index is 0.0736. The van der Waals surface area contributed by atoms with Crippen LogP contribution in [0.1, 0.15) is 29.5 Å². The van der Waals surface area contributed by atoms with Gasteiger partial charge in [0.25, 0.3) is 0 Å². The topological polar surface area (TPSA) is 40.6 Å². The van der Waals surface area contributed by atoms with Gasteiger partial charge in [-0.15, -0.1) is 0 Å². The monoisotopic (exact) mass is 430 g/mol. The third kappa shape index (κ3) is 5.96. The molecule has 0 radical (unpaired) electrons. The molecule has 31 heavy (non-hydrogen) atoms. The van der Waals surface area contributed by atoms with Crippen LogP contribution in [0.3, 0.4) is 0 Å². The van der Waals surface area contributed by atoms with Crippen molar-refractivity contribution in [1.82, 2.24) is 9.80 Å². The molecule has 0 unspecified atom stereocenters. The van der Waals surface area contributed by atoms with Crippen molar-refractivity contribution in [3.63, 3.8) is 0 Å². The molecule has 1 aliphatic heterocycles. The molecule has 0 bridgehead atoms. The summed E-state index contributed by atoms with van der Waals surface area (Å²) in [5, 5.41) is 0. The number of rotatable bonds is 5. The molecule has 0 aliphatic carbocycles. The van der Waals surface area contributed by atoms with Gasteiger partial charge in [0.15, 0.2) is 0 Å². The Kier molecular flexibility index (Phi) is 7.15. The van der Waals surface area contributed by atoms with Gasteiger partial charge in [-0.1, -0.05) is 48.5 Å². The first-order chi connectivity index (χ1) is 14.8. The minimum atomic E-state index is -4.46. The summed E-state index contributed by atoms with van der Waals surface area (Å²) in [5.41, 5.74) is 0.284. The normalized spacial score (nSPS) is 15.3. The van der Waals surface area contributed by atoms with E-state index in [2.05, 4.69) is 0 Å². The summed E-state index contributed by atoms with van der Waals surface area (Å²) in [6.45, 7) is 0.788. The Morgan fingerprint density at radius 3 is 2.29 bits per heavy atom. The number of piperidine rings is 1. The zero-order chi connectivity index (χ0) is 22.4. The van der Waals surface area contributed by atoms with Crippen LogP contribution >= 0.6 is 0 Å². The van der Waals surface area contributed by atoms with Crippen molar-refractivity contribution >= 4 is 17.9 Å². The number of hydrogen-bond donors (Lipinski definition) is 0. The molecule has 0 N–H and O–H groups in total. The van der Waals surface area contributed by atoms with E-state index in [1.54, 1.807) is 11.0 Å². The Morgan fingerprint density at radius 2 is 1.65 bits per heavy atom. The van der Waals surface area contributed by atoms with Crippen molar-refractivity contribution < 1.29 is 22.8 Å². The van der Waals surface area contributed by atoms with Crippen LogP contribution in [-0.2, 0) is 22.3 Å². The molecule has 2 amide bonds. The molecule has 3 rings (SSSR count). The van der Waals surface area contributed by atoms with Gasteiger partial charge in [-0.05, 0) is 36.1 Å². The van der Waals surface area contributed by atoms with Gasteiger partial charge in [0, 0.05) is 38.7 Å². The first-order valence-electron chi connectivity index (χ1n) is 10.2. The lowest BCUT2D eigenvalue weighted by atomic mass is 9.95. The Morgan fingerprint density at radius 1 is 1.03 bits per heavy atom. The van der Waals surface area contributed by atoms with E-state index in [4.69, 9.17) is 0 Å². The van der Waals surface area contributed by atoms with E-state index < -0.39 is 11.7 Å². The van der Waals surface area contributed by atoms with Crippen LogP contribution in [-0.4, -0.2) is 41.8 Å². The average molecular weight is 430 g/mol. The van der Waals surface area contributed by atoms with Crippen molar-refractivity contribution in [2.45, 2.75) is 25.6 Å². The summed E-state index contributed by atoms with van der Waals surface area (Å²) < 4.78 is 39.6. The van der Waals surface area contributed by atoms with Crippen molar-refractivity contribution in [3.8, 4) is 0 Å². The molecule has 1 heterocycles. The minimum Gasteiger partial charge on any atom is -0.341 e. The molecule has 1 fully saturated rings. The molecule has 0 atom stereocenters. The number of likely N-dealkylation sites (tertiary alicyclic amines) is 1. The van der Waals surface area contributed by atoms with Gasteiger partial charge in [-0.3, -0.25) is 9.59 Å². The van der Waals surface area contributed by atoms with Crippen molar-refractivity contribution in [3.05, 3.63) is 77.4 Å². The predicted octanol–water partition coefficient (Wildman–Crippen LogP) is 4.62. The van der Waals surface area contributed by atoms with Crippen LogP contribution in [0, 0.1) is 5.92 Å². The number of carbonyl (C=O) groups is 2. The fraction of sp³-hybridized carbons (Fsp3) is 0.333. The number of amides is 2. The summed E-state index contributed by atoms with van der Waals surface area (Å²) in [7, 11) is 1.52. The van der Waals surface area contributed by atoms with Crippen LogP contribution < -0.4 is 0 Å². The zero-order valence-corrected chi connectivity index (χ0v) is 17.3. The third-order valence-electron chi connectivity index (χ3n) is 5.48. The summed E-state index contributed by atoms with van der Waals surface area (Å²) in [6, 6.07) is 14.8. The van der Waals surface area contributed by atoms with Gasteiger partial charge in [0.1, 0.15) is 0 Å². The van der Waals surface area contributed by atoms with Gasteiger partial charge in [0.2, 0.25) is 11.8 Å². The quantitative estimate of drug-likeness (QED) is 0.650. The number of halogens is 3. The first kappa shape index (κ1) is 22.6. The Labute approximate surface area is 180 Å². The molecule has 0 aromatic heterocycles. The van der Waals surface area contributed by atoms with Crippen LogP contribution in [0.25, 0.3) is 6.08 Å². The highest BCUT2D eigenvalue weighted by Gasteiger charge is 2.34.